The number of rotatable bonds is 6. The Kier molecular flexibility index (Phi) is 3.83. The summed E-state index contributed by atoms with van der Waals surface area (Å²) in [4.78, 5) is 4.43. The summed E-state index contributed by atoms with van der Waals surface area (Å²) in [7, 11) is 0. The summed E-state index contributed by atoms with van der Waals surface area (Å²) in [5.74, 6) is 2.31. The van der Waals surface area contributed by atoms with Crippen LogP contribution in [0.5, 0.6) is 0 Å². The summed E-state index contributed by atoms with van der Waals surface area (Å²) in [5, 5.41) is 7.41. The van der Waals surface area contributed by atoms with Crippen molar-refractivity contribution in [3.05, 3.63) is 46.6 Å². The van der Waals surface area contributed by atoms with Crippen molar-refractivity contribution in [2.24, 2.45) is 5.92 Å². The monoisotopic (exact) mass is 271 g/mol. The topological polar surface area (TPSA) is 51.0 Å². The maximum Gasteiger partial charge on any atom is 0.240 e. The minimum absolute atomic E-state index is 0.677. The van der Waals surface area contributed by atoms with Gasteiger partial charge in [-0.2, -0.15) is 4.98 Å². The zero-order valence-corrected chi connectivity index (χ0v) is 12.1. The molecule has 4 nitrogen and oxygen atoms in total. The smallest absolute Gasteiger partial charge is 0.240 e. The molecule has 1 aromatic carbocycles. The molecule has 2 aromatic rings. The van der Waals surface area contributed by atoms with E-state index in [-0.39, 0.29) is 0 Å². The lowest BCUT2D eigenvalue weighted by Crippen LogP contribution is -2.16. The van der Waals surface area contributed by atoms with Crippen LogP contribution in [-0.4, -0.2) is 16.7 Å². The summed E-state index contributed by atoms with van der Waals surface area (Å²) in [6, 6.07) is 6.46. The Morgan fingerprint density at radius 2 is 2.10 bits per heavy atom. The normalized spacial score (nSPS) is 14.7. The largest absolute Gasteiger partial charge is 0.338 e. The van der Waals surface area contributed by atoms with Crippen LogP contribution in [0.3, 0.4) is 0 Å². The van der Waals surface area contributed by atoms with Gasteiger partial charge >= 0.3 is 0 Å². The van der Waals surface area contributed by atoms with Crippen LogP contribution >= 0.6 is 0 Å². The summed E-state index contributed by atoms with van der Waals surface area (Å²) in [6.07, 6.45) is 3.44. The molecule has 3 rings (SSSR count). The molecule has 1 N–H and O–H groups in total. The highest BCUT2D eigenvalue weighted by Gasteiger charge is 2.20. The first-order valence-corrected chi connectivity index (χ1v) is 7.29. The Balaban J connectivity index is 1.56. The van der Waals surface area contributed by atoms with Gasteiger partial charge in [0.2, 0.25) is 5.89 Å². The Hall–Kier alpha value is -1.68. The quantitative estimate of drug-likeness (QED) is 0.877. The fourth-order valence-electron chi connectivity index (χ4n) is 2.24. The Morgan fingerprint density at radius 1 is 1.25 bits per heavy atom. The summed E-state index contributed by atoms with van der Waals surface area (Å²) < 4.78 is 5.27. The Morgan fingerprint density at radius 3 is 2.85 bits per heavy atom. The molecule has 0 radical (unpaired) electrons. The van der Waals surface area contributed by atoms with E-state index < -0.39 is 0 Å². The van der Waals surface area contributed by atoms with Gasteiger partial charge in [0.15, 0.2) is 5.82 Å². The van der Waals surface area contributed by atoms with Crippen LogP contribution in [0, 0.1) is 19.8 Å². The molecular formula is C16H21N3O. The van der Waals surface area contributed by atoms with Gasteiger partial charge in [-0.1, -0.05) is 23.4 Å². The maximum absolute atomic E-state index is 5.27. The third-order valence-corrected chi connectivity index (χ3v) is 3.85. The molecule has 106 valence electrons. The van der Waals surface area contributed by atoms with Crippen molar-refractivity contribution in [1.29, 1.82) is 0 Å². The maximum atomic E-state index is 5.27. The molecule has 0 saturated heterocycles. The molecule has 0 unspecified atom stereocenters. The van der Waals surface area contributed by atoms with Crippen molar-refractivity contribution in [3.63, 3.8) is 0 Å². The predicted molar refractivity (Wildman–Crippen MR) is 77.5 cm³/mol. The second kappa shape index (κ2) is 5.75. The third kappa shape index (κ3) is 3.45. The molecule has 0 bridgehead atoms. The van der Waals surface area contributed by atoms with Crippen LogP contribution < -0.4 is 5.32 Å². The minimum atomic E-state index is 0.677. The zero-order chi connectivity index (χ0) is 13.9. The van der Waals surface area contributed by atoms with Gasteiger partial charge in [0, 0.05) is 6.42 Å². The highest BCUT2D eigenvalue weighted by atomic mass is 16.5. The highest BCUT2D eigenvalue weighted by Crippen LogP contribution is 2.27. The lowest BCUT2D eigenvalue weighted by atomic mass is 10.0. The van der Waals surface area contributed by atoms with Gasteiger partial charge in [-0.3, -0.25) is 0 Å². The van der Waals surface area contributed by atoms with E-state index in [9.17, 15) is 0 Å². The van der Waals surface area contributed by atoms with Gasteiger partial charge in [-0.25, -0.2) is 0 Å². The average molecular weight is 271 g/mol. The van der Waals surface area contributed by atoms with Crippen LogP contribution in [0.15, 0.2) is 22.7 Å². The summed E-state index contributed by atoms with van der Waals surface area (Å²) in [6.45, 7) is 5.99. The van der Waals surface area contributed by atoms with E-state index in [0.717, 1.165) is 24.7 Å². The average Bonchev–Trinajstić information content (AvgIpc) is 3.14. The number of aromatic nitrogens is 2. The number of nitrogens with zero attached hydrogens (tertiary/aromatic N) is 2. The number of nitrogens with one attached hydrogen (secondary N) is 1. The standard InChI is InChI=1S/C16H21N3O/c1-11-3-4-14(7-12(11)2)8-15-18-16(20-19-15)10-17-9-13-5-6-13/h3-4,7,13,17H,5-6,8-10H2,1-2H3. The summed E-state index contributed by atoms with van der Waals surface area (Å²) >= 11 is 0. The van der Waals surface area contributed by atoms with Crippen LogP contribution in [0.2, 0.25) is 0 Å². The molecule has 0 aliphatic heterocycles. The van der Waals surface area contributed by atoms with Crippen molar-refractivity contribution in [2.45, 2.75) is 39.7 Å². The Labute approximate surface area is 119 Å². The van der Waals surface area contributed by atoms with Crippen molar-refractivity contribution in [2.75, 3.05) is 6.54 Å². The first-order valence-electron chi connectivity index (χ1n) is 7.29. The molecule has 0 amide bonds. The van der Waals surface area contributed by atoms with Gasteiger partial charge < -0.3 is 9.84 Å². The summed E-state index contributed by atoms with van der Waals surface area (Å²) in [5.41, 5.74) is 3.84. The SMILES string of the molecule is Cc1ccc(Cc2noc(CNCC3CC3)n2)cc1C. The molecule has 20 heavy (non-hydrogen) atoms. The van der Waals surface area contributed by atoms with E-state index in [4.69, 9.17) is 4.52 Å². The van der Waals surface area contributed by atoms with Gasteiger partial charge in [-0.05, 0) is 55.8 Å². The number of aryl methyl sites for hydroxylation is 2. The molecular weight excluding hydrogens is 250 g/mol. The van der Waals surface area contributed by atoms with Crippen LogP contribution in [-0.2, 0) is 13.0 Å². The molecule has 1 aliphatic rings. The fourth-order valence-corrected chi connectivity index (χ4v) is 2.24. The fraction of sp³-hybridized carbons (Fsp3) is 0.500. The van der Waals surface area contributed by atoms with Crippen LogP contribution in [0.25, 0.3) is 0 Å². The van der Waals surface area contributed by atoms with E-state index in [0.29, 0.717) is 12.4 Å². The Bertz CT molecular complexity index is 587. The van der Waals surface area contributed by atoms with E-state index >= 15 is 0 Å². The van der Waals surface area contributed by atoms with E-state index in [1.165, 1.54) is 29.5 Å². The van der Waals surface area contributed by atoms with Crippen molar-refractivity contribution >= 4 is 0 Å². The van der Waals surface area contributed by atoms with Gasteiger partial charge in [-0.15, -0.1) is 0 Å². The zero-order valence-electron chi connectivity index (χ0n) is 12.1. The first-order chi connectivity index (χ1) is 9.70. The molecule has 1 saturated carbocycles. The number of hydrogen-bond donors (Lipinski definition) is 1. The number of hydrogen-bond acceptors (Lipinski definition) is 4. The molecule has 4 heteroatoms. The third-order valence-electron chi connectivity index (χ3n) is 3.85. The van der Waals surface area contributed by atoms with Crippen LogP contribution in [0.4, 0.5) is 0 Å². The lowest BCUT2D eigenvalue weighted by Gasteiger charge is -2.02. The highest BCUT2D eigenvalue weighted by molar-refractivity contribution is 5.31. The van der Waals surface area contributed by atoms with Gasteiger partial charge in [0.1, 0.15) is 0 Å². The van der Waals surface area contributed by atoms with Crippen molar-refractivity contribution in [3.8, 4) is 0 Å². The van der Waals surface area contributed by atoms with Crippen molar-refractivity contribution in [1.82, 2.24) is 15.5 Å². The van der Waals surface area contributed by atoms with Gasteiger partial charge in [0.05, 0.1) is 6.54 Å². The van der Waals surface area contributed by atoms with Crippen molar-refractivity contribution < 1.29 is 4.52 Å². The molecule has 0 atom stereocenters. The van der Waals surface area contributed by atoms with E-state index in [2.05, 4.69) is 47.5 Å². The van der Waals surface area contributed by atoms with E-state index in [1.807, 2.05) is 0 Å². The first kappa shape index (κ1) is 13.3. The second-order valence-electron chi connectivity index (χ2n) is 5.77. The molecule has 1 aromatic heterocycles. The molecule has 1 aliphatic carbocycles. The van der Waals surface area contributed by atoms with E-state index in [1.54, 1.807) is 0 Å². The molecule has 1 heterocycles. The molecule has 1 fully saturated rings. The number of benzene rings is 1. The second-order valence-corrected chi connectivity index (χ2v) is 5.77. The van der Waals surface area contributed by atoms with Crippen LogP contribution in [0.1, 0.15) is 41.2 Å². The lowest BCUT2D eigenvalue weighted by molar-refractivity contribution is 0.362. The predicted octanol–water partition coefficient (Wildman–Crippen LogP) is 2.78. The minimum Gasteiger partial charge on any atom is -0.338 e. The van der Waals surface area contributed by atoms with Gasteiger partial charge in [0.25, 0.3) is 0 Å². The molecule has 0 spiro atoms.